The average Bonchev–Trinajstić information content (AvgIpc) is 2.46. The average molecular weight is 252 g/mol. The first-order valence-electron chi connectivity index (χ1n) is 6.29. The van der Waals surface area contributed by atoms with Gasteiger partial charge in [-0.2, -0.15) is 5.10 Å². The third-order valence-electron chi connectivity index (χ3n) is 2.75. The number of nitrogens with two attached hydrogens (primary N) is 1. The lowest BCUT2D eigenvalue weighted by Gasteiger charge is -2.22. The predicted molar refractivity (Wildman–Crippen MR) is 74.2 cm³/mol. The first-order valence-corrected chi connectivity index (χ1v) is 6.29. The van der Waals surface area contributed by atoms with Gasteiger partial charge in [0.1, 0.15) is 0 Å². The van der Waals surface area contributed by atoms with Crippen LogP contribution in [-0.4, -0.2) is 16.1 Å². The monoisotopic (exact) mass is 252 g/mol. The van der Waals surface area contributed by atoms with Crippen LogP contribution in [0.25, 0.3) is 0 Å². The van der Waals surface area contributed by atoms with Crippen molar-refractivity contribution in [3.63, 3.8) is 0 Å². The summed E-state index contributed by atoms with van der Waals surface area (Å²) in [5.41, 5.74) is 7.29. The Hall–Kier alpha value is -1.52. The molecule has 0 aliphatic heterocycles. The van der Waals surface area contributed by atoms with Crippen LogP contribution in [0.2, 0.25) is 0 Å². The van der Waals surface area contributed by atoms with E-state index in [2.05, 4.69) is 43.2 Å². The lowest BCUT2D eigenvalue weighted by Crippen LogP contribution is -2.19. The summed E-state index contributed by atoms with van der Waals surface area (Å²) in [7, 11) is 0. The van der Waals surface area contributed by atoms with Gasteiger partial charge in [-0.3, -0.25) is 9.89 Å². The third kappa shape index (κ3) is 4.39. The Morgan fingerprint density at radius 1 is 1.50 bits per heavy atom. The Labute approximate surface area is 109 Å². The molecule has 18 heavy (non-hydrogen) atoms. The van der Waals surface area contributed by atoms with E-state index in [1.807, 2.05) is 6.92 Å². The fourth-order valence-electron chi connectivity index (χ4n) is 2.15. The molecule has 5 heteroatoms. The number of aromatic amines is 1. The first kappa shape index (κ1) is 14.5. The predicted octanol–water partition coefficient (Wildman–Crippen LogP) is 2.70. The largest absolute Gasteiger partial charge is 0.394 e. The summed E-state index contributed by atoms with van der Waals surface area (Å²) in [5, 5.41) is 9.44. The summed E-state index contributed by atoms with van der Waals surface area (Å²) >= 11 is 0. The van der Waals surface area contributed by atoms with E-state index < -0.39 is 0 Å². The third-order valence-corrected chi connectivity index (χ3v) is 2.75. The number of aryl methyl sites for hydroxylation is 1. The number of hydrogen-bond acceptors (Lipinski definition) is 3. The lowest BCUT2D eigenvalue weighted by atomic mass is 9.84. The Morgan fingerprint density at radius 2 is 2.11 bits per heavy atom. The molecule has 102 valence electrons. The highest BCUT2D eigenvalue weighted by Crippen LogP contribution is 2.26. The van der Waals surface area contributed by atoms with Gasteiger partial charge in [-0.1, -0.05) is 27.7 Å². The Kier molecular flexibility index (Phi) is 4.38. The van der Waals surface area contributed by atoms with Gasteiger partial charge < -0.3 is 11.1 Å². The van der Waals surface area contributed by atoms with Crippen molar-refractivity contribution in [2.45, 2.75) is 47.5 Å². The van der Waals surface area contributed by atoms with Gasteiger partial charge in [-0.15, -0.1) is 0 Å². The van der Waals surface area contributed by atoms with Crippen LogP contribution < -0.4 is 11.1 Å². The molecule has 0 bridgehead atoms. The Bertz CT molecular complexity index is 417. The highest BCUT2D eigenvalue weighted by atomic mass is 16.1. The van der Waals surface area contributed by atoms with E-state index >= 15 is 0 Å². The van der Waals surface area contributed by atoms with Crippen molar-refractivity contribution in [3.8, 4) is 0 Å². The molecule has 0 saturated heterocycles. The second-order valence-electron chi connectivity index (χ2n) is 6.23. The maximum atomic E-state index is 11.8. The van der Waals surface area contributed by atoms with E-state index in [1.54, 1.807) is 0 Å². The number of H-pyrrole nitrogens is 1. The molecule has 1 heterocycles. The zero-order valence-electron chi connectivity index (χ0n) is 11.9. The molecule has 1 atom stereocenters. The minimum absolute atomic E-state index is 0.0371. The van der Waals surface area contributed by atoms with Crippen molar-refractivity contribution in [1.29, 1.82) is 0 Å². The lowest BCUT2D eigenvalue weighted by molar-refractivity contribution is -0.117. The number of aromatic nitrogens is 2. The van der Waals surface area contributed by atoms with Crippen LogP contribution in [0.15, 0.2) is 0 Å². The number of hydrogen-bond donors (Lipinski definition) is 3. The van der Waals surface area contributed by atoms with Gasteiger partial charge in [0.25, 0.3) is 0 Å². The molecular formula is C13H24N4O. The van der Waals surface area contributed by atoms with Crippen molar-refractivity contribution in [3.05, 3.63) is 5.69 Å². The second kappa shape index (κ2) is 5.42. The quantitative estimate of drug-likeness (QED) is 0.770. The molecule has 5 nitrogen and oxygen atoms in total. The maximum Gasteiger partial charge on any atom is 0.225 e. The molecule has 0 aliphatic rings. The van der Waals surface area contributed by atoms with E-state index in [0.717, 1.165) is 12.1 Å². The minimum atomic E-state index is -0.0371. The van der Waals surface area contributed by atoms with Crippen molar-refractivity contribution in [2.24, 2.45) is 11.3 Å². The summed E-state index contributed by atoms with van der Waals surface area (Å²) in [6.07, 6.45) is 1.50. The first-order chi connectivity index (χ1) is 8.19. The molecule has 1 rings (SSSR count). The topological polar surface area (TPSA) is 83.8 Å². The highest BCUT2D eigenvalue weighted by Gasteiger charge is 2.18. The number of nitrogen functional groups attached to an aromatic ring is 1. The highest BCUT2D eigenvalue weighted by molar-refractivity contribution is 5.92. The van der Waals surface area contributed by atoms with Gasteiger partial charge in [-0.25, -0.2) is 0 Å². The van der Waals surface area contributed by atoms with E-state index in [9.17, 15) is 4.79 Å². The fraction of sp³-hybridized carbons (Fsp3) is 0.692. The van der Waals surface area contributed by atoms with Crippen LogP contribution in [-0.2, 0) is 4.79 Å². The fourth-order valence-corrected chi connectivity index (χ4v) is 2.15. The Morgan fingerprint density at radius 3 is 2.56 bits per heavy atom. The van der Waals surface area contributed by atoms with Crippen LogP contribution in [0.1, 0.15) is 46.2 Å². The number of amides is 1. The van der Waals surface area contributed by atoms with Gasteiger partial charge in [0, 0.05) is 6.42 Å². The summed E-state index contributed by atoms with van der Waals surface area (Å²) < 4.78 is 0. The molecule has 0 fully saturated rings. The zero-order chi connectivity index (χ0) is 13.9. The molecule has 4 N–H and O–H groups in total. The SMILES string of the molecule is Cc1[nH]nc(NC(=O)CC(C)CC(C)(C)C)c1N. The van der Waals surface area contributed by atoms with Gasteiger partial charge in [0.05, 0.1) is 11.4 Å². The van der Waals surface area contributed by atoms with E-state index in [1.165, 1.54) is 0 Å². The molecule has 0 spiro atoms. The molecule has 0 radical (unpaired) electrons. The molecule has 1 aromatic heterocycles. The van der Waals surface area contributed by atoms with Gasteiger partial charge in [0.15, 0.2) is 5.82 Å². The standard InChI is InChI=1S/C13H24N4O/c1-8(7-13(3,4)5)6-10(18)15-12-11(14)9(2)16-17-12/h8H,6-7,14H2,1-5H3,(H2,15,16,17,18). The molecule has 0 aromatic carbocycles. The number of rotatable bonds is 4. The van der Waals surface area contributed by atoms with Gasteiger partial charge >= 0.3 is 0 Å². The smallest absolute Gasteiger partial charge is 0.225 e. The molecule has 1 aromatic rings. The molecule has 1 unspecified atom stereocenters. The van der Waals surface area contributed by atoms with Crippen molar-refractivity contribution in [2.75, 3.05) is 11.1 Å². The summed E-state index contributed by atoms with van der Waals surface area (Å²) in [6, 6.07) is 0. The van der Waals surface area contributed by atoms with Crippen LogP contribution in [0.4, 0.5) is 11.5 Å². The second-order valence-corrected chi connectivity index (χ2v) is 6.23. The number of carbonyl (C=O) groups excluding carboxylic acids is 1. The van der Waals surface area contributed by atoms with Crippen molar-refractivity contribution >= 4 is 17.4 Å². The molecule has 0 aliphatic carbocycles. The van der Waals surface area contributed by atoms with Crippen LogP contribution in [0, 0.1) is 18.3 Å². The number of anilines is 2. The summed E-state index contributed by atoms with van der Waals surface area (Å²) in [6.45, 7) is 10.4. The normalized spacial score (nSPS) is 13.4. The van der Waals surface area contributed by atoms with E-state index in [4.69, 9.17) is 5.73 Å². The zero-order valence-corrected chi connectivity index (χ0v) is 11.9. The van der Waals surface area contributed by atoms with Crippen LogP contribution >= 0.6 is 0 Å². The summed E-state index contributed by atoms with van der Waals surface area (Å²) in [5.74, 6) is 0.733. The van der Waals surface area contributed by atoms with Crippen LogP contribution in [0.3, 0.4) is 0 Å². The maximum absolute atomic E-state index is 11.8. The molecule has 1 amide bonds. The van der Waals surface area contributed by atoms with Crippen molar-refractivity contribution < 1.29 is 4.79 Å². The van der Waals surface area contributed by atoms with Gasteiger partial charge in [0.2, 0.25) is 5.91 Å². The van der Waals surface area contributed by atoms with Gasteiger partial charge in [-0.05, 0) is 24.7 Å². The molecule has 0 saturated carbocycles. The van der Waals surface area contributed by atoms with Crippen LogP contribution in [0.5, 0.6) is 0 Å². The molecular weight excluding hydrogens is 228 g/mol. The number of carbonyl (C=O) groups is 1. The number of nitrogens with zero attached hydrogens (tertiary/aromatic N) is 1. The minimum Gasteiger partial charge on any atom is -0.394 e. The van der Waals surface area contributed by atoms with E-state index in [-0.39, 0.29) is 11.3 Å². The summed E-state index contributed by atoms with van der Waals surface area (Å²) in [4.78, 5) is 11.8. The van der Waals surface area contributed by atoms with Crippen molar-refractivity contribution in [1.82, 2.24) is 10.2 Å². The number of nitrogens with one attached hydrogen (secondary N) is 2. The van der Waals surface area contributed by atoms with E-state index in [0.29, 0.717) is 23.8 Å². The Balaban J connectivity index is 2.50.